The van der Waals surface area contributed by atoms with Gasteiger partial charge < -0.3 is 10.0 Å². The fraction of sp³-hybridized carbons (Fsp3) is 0.625. The number of rotatable bonds is 4. The maximum atomic E-state index is 9.47. The highest BCUT2D eigenvalue weighted by molar-refractivity contribution is 5.57. The van der Waals surface area contributed by atoms with Crippen molar-refractivity contribution in [3.8, 4) is 0 Å². The van der Waals surface area contributed by atoms with Crippen LogP contribution in [0.1, 0.15) is 12.8 Å². The molecule has 1 aliphatic heterocycles. The molecule has 1 N–H and O–H groups in total. The summed E-state index contributed by atoms with van der Waals surface area (Å²) in [5.74, 6) is 0. The van der Waals surface area contributed by atoms with Gasteiger partial charge in [-0.05, 0) is 12.8 Å². The van der Waals surface area contributed by atoms with Gasteiger partial charge in [0, 0.05) is 6.54 Å². The van der Waals surface area contributed by atoms with Gasteiger partial charge in [0.05, 0.1) is 12.9 Å². The van der Waals surface area contributed by atoms with E-state index >= 15 is 0 Å². The first-order valence-electron chi connectivity index (χ1n) is 3.89. The smallest absolute Gasteiger partial charge is 0.127 e. The molecule has 0 amide bonds. The zero-order chi connectivity index (χ0) is 8.10. The molecule has 0 saturated heterocycles. The van der Waals surface area contributed by atoms with Crippen LogP contribution in [0.4, 0.5) is 0 Å². The predicted molar refractivity (Wildman–Crippen MR) is 45.5 cm³/mol. The van der Waals surface area contributed by atoms with Gasteiger partial charge >= 0.3 is 0 Å². The number of aliphatic hydroxyl groups excluding tert-OH is 1. The Morgan fingerprint density at radius 1 is 1.82 bits per heavy atom. The SMILES string of the molecule is C=CCCC(O)N1C=NCC1. The van der Waals surface area contributed by atoms with Crippen molar-refractivity contribution in [2.75, 3.05) is 13.1 Å². The fourth-order valence-corrected chi connectivity index (χ4v) is 1.05. The van der Waals surface area contributed by atoms with Crippen molar-refractivity contribution in [1.82, 2.24) is 4.90 Å². The molecule has 11 heavy (non-hydrogen) atoms. The lowest BCUT2D eigenvalue weighted by molar-refractivity contribution is 0.0567. The Balaban J connectivity index is 2.22. The second kappa shape index (κ2) is 4.13. The van der Waals surface area contributed by atoms with Crippen molar-refractivity contribution in [3.05, 3.63) is 12.7 Å². The van der Waals surface area contributed by atoms with Gasteiger partial charge in [0.15, 0.2) is 0 Å². The third-order valence-corrected chi connectivity index (χ3v) is 1.73. The highest BCUT2D eigenvalue weighted by Gasteiger charge is 2.13. The molecule has 0 bridgehead atoms. The minimum Gasteiger partial charge on any atom is -0.374 e. The van der Waals surface area contributed by atoms with E-state index in [1.54, 1.807) is 6.34 Å². The van der Waals surface area contributed by atoms with Crippen LogP contribution >= 0.6 is 0 Å². The molecule has 0 radical (unpaired) electrons. The van der Waals surface area contributed by atoms with Crippen LogP contribution in [0.3, 0.4) is 0 Å². The van der Waals surface area contributed by atoms with E-state index in [1.165, 1.54) is 0 Å². The minimum atomic E-state index is -0.376. The minimum absolute atomic E-state index is 0.376. The second-order valence-corrected chi connectivity index (χ2v) is 2.61. The number of hydrogen-bond acceptors (Lipinski definition) is 3. The summed E-state index contributed by atoms with van der Waals surface area (Å²) in [5.41, 5.74) is 0. The topological polar surface area (TPSA) is 35.8 Å². The van der Waals surface area contributed by atoms with E-state index in [2.05, 4.69) is 11.6 Å². The number of aliphatic imine (C=N–C) groups is 1. The third-order valence-electron chi connectivity index (χ3n) is 1.73. The van der Waals surface area contributed by atoms with Crippen molar-refractivity contribution in [3.63, 3.8) is 0 Å². The summed E-state index contributed by atoms with van der Waals surface area (Å²) in [4.78, 5) is 5.86. The van der Waals surface area contributed by atoms with Gasteiger partial charge in [-0.1, -0.05) is 6.08 Å². The largest absolute Gasteiger partial charge is 0.374 e. The molecule has 0 saturated carbocycles. The molecule has 1 unspecified atom stereocenters. The van der Waals surface area contributed by atoms with Crippen molar-refractivity contribution in [2.45, 2.75) is 19.1 Å². The third kappa shape index (κ3) is 2.35. The Bertz CT molecular complexity index is 156. The Morgan fingerprint density at radius 2 is 2.64 bits per heavy atom. The maximum Gasteiger partial charge on any atom is 0.127 e. The molecule has 0 fully saturated rings. The average molecular weight is 154 g/mol. The van der Waals surface area contributed by atoms with E-state index in [0.29, 0.717) is 0 Å². The zero-order valence-electron chi connectivity index (χ0n) is 6.61. The quantitative estimate of drug-likeness (QED) is 0.602. The molecule has 0 aliphatic carbocycles. The van der Waals surface area contributed by atoms with Crippen LogP contribution < -0.4 is 0 Å². The lowest BCUT2D eigenvalue weighted by Crippen LogP contribution is -2.32. The zero-order valence-corrected chi connectivity index (χ0v) is 6.61. The van der Waals surface area contributed by atoms with Crippen LogP contribution in [-0.4, -0.2) is 35.7 Å². The highest BCUT2D eigenvalue weighted by Crippen LogP contribution is 2.05. The first-order chi connectivity index (χ1) is 5.34. The fourth-order valence-electron chi connectivity index (χ4n) is 1.05. The summed E-state index contributed by atoms with van der Waals surface area (Å²) in [5, 5.41) is 9.47. The molecule has 1 heterocycles. The summed E-state index contributed by atoms with van der Waals surface area (Å²) >= 11 is 0. The summed E-state index contributed by atoms with van der Waals surface area (Å²) in [7, 11) is 0. The first kappa shape index (κ1) is 8.27. The Labute approximate surface area is 67.0 Å². The normalized spacial score (nSPS) is 18.8. The Kier molecular flexibility index (Phi) is 3.11. The van der Waals surface area contributed by atoms with Crippen LogP contribution in [0.15, 0.2) is 17.6 Å². The lowest BCUT2D eigenvalue weighted by Gasteiger charge is -2.20. The summed E-state index contributed by atoms with van der Waals surface area (Å²) in [6, 6.07) is 0. The molecule has 0 aromatic heterocycles. The van der Waals surface area contributed by atoms with Gasteiger partial charge in [-0.3, -0.25) is 4.99 Å². The van der Waals surface area contributed by atoms with Gasteiger partial charge in [-0.25, -0.2) is 0 Å². The summed E-state index contributed by atoms with van der Waals surface area (Å²) in [6.07, 6.45) is 4.75. The summed E-state index contributed by atoms with van der Waals surface area (Å²) in [6.45, 7) is 5.25. The molecule has 0 aromatic rings. The van der Waals surface area contributed by atoms with Gasteiger partial charge in [-0.15, -0.1) is 6.58 Å². The van der Waals surface area contributed by atoms with Gasteiger partial charge in [0.1, 0.15) is 6.23 Å². The van der Waals surface area contributed by atoms with Crippen LogP contribution in [0.5, 0.6) is 0 Å². The van der Waals surface area contributed by atoms with Gasteiger partial charge in [0.2, 0.25) is 0 Å². The van der Waals surface area contributed by atoms with E-state index in [4.69, 9.17) is 0 Å². The first-order valence-corrected chi connectivity index (χ1v) is 3.89. The average Bonchev–Trinajstić information content (AvgIpc) is 2.52. The van der Waals surface area contributed by atoms with Crippen LogP contribution in [0.25, 0.3) is 0 Å². The monoisotopic (exact) mass is 154 g/mol. The predicted octanol–water partition coefficient (Wildman–Crippen LogP) is 0.615. The lowest BCUT2D eigenvalue weighted by atomic mass is 10.2. The van der Waals surface area contributed by atoms with Crippen LogP contribution in [0.2, 0.25) is 0 Å². The van der Waals surface area contributed by atoms with E-state index < -0.39 is 0 Å². The van der Waals surface area contributed by atoms with E-state index in [-0.39, 0.29) is 6.23 Å². The molecule has 0 spiro atoms. The van der Waals surface area contributed by atoms with Gasteiger partial charge in [0.25, 0.3) is 0 Å². The standard InChI is InChI=1S/C8H14N2O/c1-2-3-4-8(11)10-6-5-9-7-10/h2,7-8,11H,1,3-6H2. The number of nitrogens with zero attached hydrogens (tertiary/aromatic N) is 2. The van der Waals surface area contributed by atoms with Crippen LogP contribution in [0, 0.1) is 0 Å². The van der Waals surface area contributed by atoms with E-state index in [9.17, 15) is 5.11 Å². The number of allylic oxidation sites excluding steroid dienone is 1. The Morgan fingerprint density at radius 3 is 3.18 bits per heavy atom. The number of hydrogen-bond donors (Lipinski definition) is 1. The molecule has 1 rings (SSSR count). The molecular formula is C8H14N2O. The molecule has 3 nitrogen and oxygen atoms in total. The molecule has 1 atom stereocenters. The molecular weight excluding hydrogens is 140 g/mol. The number of aliphatic hydroxyl groups is 1. The molecule has 62 valence electrons. The van der Waals surface area contributed by atoms with Gasteiger partial charge in [-0.2, -0.15) is 0 Å². The molecule has 3 heteroatoms. The summed E-state index contributed by atoms with van der Waals surface area (Å²) < 4.78 is 0. The molecule has 1 aliphatic rings. The van der Waals surface area contributed by atoms with E-state index in [1.807, 2.05) is 11.0 Å². The Hall–Kier alpha value is -0.830. The van der Waals surface area contributed by atoms with Crippen LogP contribution in [-0.2, 0) is 0 Å². The second-order valence-electron chi connectivity index (χ2n) is 2.61. The molecule has 0 aromatic carbocycles. The maximum absolute atomic E-state index is 9.47. The van der Waals surface area contributed by atoms with Crippen molar-refractivity contribution in [1.29, 1.82) is 0 Å². The van der Waals surface area contributed by atoms with E-state index in [0.717, 1.165) is 25.9 Å². The van der Waals surface area contributed by atoms with Crippen molar-refractivity contribution >= 4 is 6.34 Å². The van der Waals surface area contributed by atoms with Crippen molar-refractivity contribution in [2.24, 2.45) is 4.99 Å². The van der Waals surface area contributed by atoms with Crippen molar-refractivity contribution < 1.29 is 5.11 Å². The highest BCUT2D eigenvalue weighted by atomic mass is 16.3.